The van der Waals surface area contributed by atoms with E-state index in [0.29, 0.717) is 12.3 Å². The number of amides is 2. The van der Waals surface area contributed by atoms with Gasteiger partial charge in [-0.15, -0.1) is 0 Å². The van der Waals surface area contributed by atoms with E-state index in [9.17, 15) is 14.4 Å². The SMILES string of the molecule is CCCNC(=O)[C@@H](C)NC(=O)COC(=O)COc1ccc(C)cc1C. The van der Waals surface area contributed by atoms with Gasteiger partial charge < -0.3 is 20.1 Å². The summed E-state index contributed by atoms with van der Waals surface area (Å²) in [5.74, 6) is -0.884. The molecule has 0 aromatic heterocycles. The van der Waals surface area contributed by atoms with Crippen LogP contribution in [0.3, 0.4) is 0 Å². The van der Waals surface area contributed by atoms with Gasteiger partial charge in [0.25, 0.3) is 5.91 Å². The topological polar surface area (TPSA) is 93.7 Å². The minimum Gasteiger partial charge on any atom is -0.482 e. The summed E-state index contributed by atoms with van der Waals surface area (Å²) in [5, 5.41) is 5.13. The van der Waals surface area contributed by atoms with Gasteiger partial charge in [-0.2, -0.15) is 0 Å². The highest BCUT2D eigenvalue weighted by Crippen LogP contribution is 2.18. The lowest BCUT2D eigenvalue weighted by Gasteiger charge is -2.14. The molecule has 0 saturated carbocycles. The molecule has 138 valence electrons. The molecule has 1 atom stereocenters. The first-order chi connectivity index (χ1) is 11.8. The molecule has 0 fully saturated rings. The van der Waals surface area contributed by atoms with E-state index in [1.165, 1.54) is 0 Å². The van der Waals surface area contributed by atoms with Gasteiger partial charge in [-0.1, -0.05) is 24.6 Å². The summed E-state index contributed by atoms with van der Waals surface area (Å²) in [6.07, 6.45) is 0.810. The van der Waals surface area contributed by atoms with Gasteiger partial charge in [0.15, 0.2) is 13.2 Å². The summed E-state index contributed by atoms with van der Waals surface area (Å²) in [4.78, 5) is 35.0. The lowest BCUT2D eigenvalue weighted by molar-refractivity contribution is -0.150. The van der Waals surface area contributed by atoms with Crippen LogP contribution in [0.5, 0.6) is 5.75 Å². The van der Waals surface area contributed by atoms with Crippen molar-refractivity contribution in [1.29, 1.82) is 0 Å². The third-order valence-electron chi connectivity index (χ3n) is 3.36. The molecule has 1 aromatic rings. The normalized spacial score (nSPS) is 11.4. The highest BCUT2D eigenvalue weighted by atomic mass is 16.6. The van der Waals surface area contributed by atoms with Gasteiger partial charge in [-0.3, -0.25) is 9.59 Å². The highest BCUT2D eigenvalue weighted by Gasteiger charge is 2.16. The summed E-state index contributed by atoms with van der Waals surface area (Å²) in [5.41, 5.74) is 2.01. The summed E-state index contributed by atoms with van der Waals surface area (Å²) >= 11 is 0. The molecule has 0 spiro atoms. The number of carbonyl (C=O) groups excluding carboxylic acids is 3. The van der Waals surface area contributed by atoms with Gasteiger partial charge in [0, 0.05) is 6.54 Å². The molecule has 0 aliphatic heterocycles. The van der Waals surface area contributed by atoms with E-state index < -0.39 is 24.5 Å². The van der Waals surface area contributed by atoms with Crippen molar-refractivity contribution in [3.63, 3.8) is 0 Å². The molecule has 25 heavy (non-hydrogen) atoms. The Bertz CT molecular complexity index is 615. The number of benzene rings is 1. The molecule has 0 unspecified atom stereocenters. The molecule has 1 rings (SSSR count). The quantitative estimate of drug-likeness (QED) is 0.654. The molecule has 2 amide bonds. The van der Waals surface area contributed by atoms with E-state index in [1.807, 2.05) is 32.9 Å². The number of ether oxygens (including phenoxy) is 2. The van der Waals surface area contributed by atoms with E-state index in [1.54, 1.807) is 13.0 Å². The first kappa shape index (κ1) is 20.5. The van der Waals surface area contributed by atoms with Crippen LogP contribution in [0.15, 0.2) is 18.2 Å². The lowest BCUT2D eigenvalue weighted by Crippen LogP contribution is -2.46. The van der Waals surface area contributed by atoms with Gasteiger partial charge in [0.1, 0.15) is 11.8 Å². The Morgan fingerprint density at radius 3 is 2.52 bits per heavy atom. The first-order valence-corrected chi connectivity index (χ1v) is 8.26. The molecule has 1 aromatic carbocycles. The standard InChI is InChI=1S/C18H26N2O5/c1-5-8-19-18(23)14(4)20-16(21)10-25-17(22)11-24-15-7-6-12(2)9-13(15)3/h6-7,9,14H,5,8,10-11H2,1-4H3,(H,19,23)(H,20,21)/t14-/m1/s1. The van der Waals surface area contributed by atoms with E-state index in [-0.39, 0.29) is 12.5 Å². The predicted octanol–water partition coefficient (Wildman–Crippen LogP) is 1.26. The average Bonchev–Trinajstić information content (AvgIpc) is 2.56. The number of aryl methyl sites for hydroxylation is 2. The largest absolute Gasteiger partial charge is 0.482 e. The van der Waals surface area contributed by atoms with Crippen LogP contribution >= 0.6 is 0 Å². The van der Waals surface area contributed by atoms with E-state index >= 15 is 0 Å². The summed E-state index contributed by atoms with van der Waals surface area (Å²) in [6.45, 7) is 7.14. The number of nitrogens with one attached hydrogen (secondary N) is 2. The van der Waals surface area contributed by atoms with Crippen LogP contribution in [-0.4, -0.2) is 43.6 Å². The summed E-state index contributed by atoms with van der Waals surface area (Å²) in [6, 6.07) is 4.91. The fourth-order valence-electron chi connectivity index (χ4n) is 2.04. The zero-order chi connectivity index (χ0) is 18.8. The molecule has 0 heterocycles. The number of hydrogen-bond donors (Lipinski definition) is 2. The Labute approximate surface area is 148 Å². The fourth-order valence-corrected chi connectivity index (χ4v) is 2.04. The van der Waals surface area contributed by atoms with Crippen molar-refractivity contribution in [2.24, 2.45) is 0 Å². The monoisotopic (exact) mass is 350 g/mol. The third kappa shape index (κ3) is 7.69. The van der Waals surface area contributed by atoms with Gasteiger partial charge in [0.05, 0.1) is 0 Å². The molecule has 2 N–H and O–H groups in total. The van der Waals surface area contributed by atoms with Crippen LogP contribution in [0.2, 0.25) is 0 Å². The van der Waals surface area contributed by atoms with Crippen molar-refractivity contribution in [3.05, 3.63) is 29.3 Å². The molecule has 0 saturated heterocycles. The van der Waals surface area contributed by atoms with Crippen LogP contribution in [0.25, 0.3) is 0 Å². The lowest BCUT2D eigenvalue weighted by atomic mass is 10.1. The molecular weight excluding hydrogens is 324 g/mol. The number of rotatable bonds is 9. The Balaban J connectivity index is 2.31. The van der Waals surface area contributed by atoms with Crippen molar-refractivity contribution in [3.8, 4) is 5.75 Å². The maximum Gasteiger partial charge on any atom is 0.344 e. The van der Waals surface area contributed by atoms with E-state index in [2.05, 4.69) is 10.6 Å². The van der Waals surface area contributed by atoms with Crippen LogP contribution in [0.1, 0.15) is 31.4 Å². The van der Waals surface area contributed by atoms with Crippen LogP contribution in [0.4, 0.5) is 0 Å². The molecule has 0 aliphatic carbocycles. The van der Waals surface area contributed by atoms with Crippen LogP contribution in [-0.2, 0) is 19.1 Å². The minimum atomic E-state index is -0.691. The second-order valence-electron chi connectivity index (χ2n) is 5.80. The van der Waals surface area contributed by atoms with Gasteiger partial charge in [0.2, 0.25) is 5.91 Å². The summed E-state index contributed by atoms with van der Waals surface area (Å²) in [7, 11) is 0. The first-order valence-electron chi connectivity index (χ1n) is 8.26. The van der Waals surface area contributed by atoms with Crippen molar-refractivity contribution in [2.75, 3.05) is 19.8 Å². The van der Waals surface area contributed by atoms with Gasteiger partial charge >= 0.3 is 5.97 Å². The maximum absolute atomic E-state index is 11.7. The highest BCUT2D eigenvalue weighted by molar-refractivity contribution is 5.88. The molecule has 0 bridgehead atoms. The van der Waals surface area contributed by atoms with Crippen molar-refractivity contribution in [1.82, 2.24) is 10.6 Å². The zero-order valence-corrected chi connectivity index (χ0v) is 15.2. The predicted molar refractivity (Wildman–Crippen MR) is 93.3 cm³/mol. The second-order valence-corrected chi connectivity index (χ2v) is 5.80. The van der Waals surface area contributed by atoms with Crippen LogP contribution in [0, 0.1) is 13.8 Å². The second kappa shape index (κ2) is 10.3. The molecule has 0 aliphatic rings. The molecule has 0 radical (unpaired) electrons. The van der Waals surface area contributed by atoms with Crippen molar-refractivity contribution in [2.45, 2.75) is 40.2 Å². The van der Waals surface area contributed by atoms with E-state index in [4.69, 9.17) is 9.47 Å². The van der Waals surface area contributed by atoms with E-state index in [0.717, 1.165) is 17.5 Å². The number of esters is 1. The Hall–Kier alpha value is -2.57. The summed E-state index contributed by atoms with van der Waals surface area (Å²) < 4.78 is 10.2. The Morgan fingerprint density at radius 1 is 1.16 bits per heavy atom. The van der Waals surface area contributed by atoms with Gasteiger partial charge in [-0.05, 0) is 38.8 Å². The fraction of sp³-hybridized carbons (Fsp3) is 0.500. The average molecular weight is 350 g/mol. The smallest absolute Gasteiger partial charge is 0.344 e. The van der Waals surface area contributed by atoms with Gasteiger partial charge in [-0.25, -0.2) is 4.79 Å². The van der Waals surface area contributed by atoms with Crippen molar-refractivity contribution >= 4 is 17.8 Å². The zero-order valence-electron chi connectivity index (χ0n) is 15.2. The third-order valence-corrected chi connectivity index (χ3v) is 3.36. The maximum atomic E-state index is 11.7. The van der Waals surface area contributed by atoms with Crippen LogP contribution < -0.4 is 15.4 Å². The minimum absolute atomic E-state index is 0.278. The van der Waals surface area contributed by atoms with Crippen molar-refractivity contribution < 1.29 is 23.9 Å². The Morgan fingerprint density at radius 2 is 1.88 bits per heavy atom. The molecule has 7 heteroatoms. The molecular formula is C18H26N2O5. The number of hydrogen-bond acceptors (Lipinski definition) is 5. The molecule has 7 nitrogen and oxygen atoms in total. The Kier molecular flexibility index (Phi) is 8.46. The number of carbonyl (C=O) groups is 3.